The van der Waals surface area contributed by atoms with E-state index in [0.29, 0.717) is 22.6 Å². The number of methoxy groups -OCH3 is 2. The zero-order valence-electron chi connectivity index (χ0n) is 12.4. The summed E-state index contributed by atoms with van der Waals surface area (Å²) in [6.45, 7) is 0. The summed E-state index contributed by atoms with van der Waals surface area (Å²) in [5.74, 6) is 0.888. The lowest BCUT2D eigenvalue weighted by atomic mass is 10.1. The minimum Gasteiger partial charge on any atom is -0.497 e. The molecule has 0 aliphatic carbocycles. The quantitative estimate of drug-likeness (QED) is 0.606. The van der Waals surface area contributed by atoms with E-state index >= 15 is 0 Å². The van der Waals surface area contributed by atoms with Gasteiger partial charge in [0.2, 0.25) is 0 Å². The Morgan fingerprint density at radius 3 is 1.27 bits per heavy atom. The van der Waals surface area contributed by atoms with E-state index in [1.54, 1.807) is 62.8 Å². The summed E-state index contributed by atoms with van der Waals surface area (Å²) in [6, 6.07) is 13.4. The molecule has 0 spiro atoms. The van der Waals surface area contributed by atoms with Crippen molar-refractivity contribution in [1.29, 1.82) is 0 Å². The summed E-state index contributed by atoms with van der Waals surface area (Å²) in [7, 11) is 3.12. The van der Waals surface area contributed by atoms with Crippen LogP contribution in [0.4, 0.5) is 0 Å². The summed E-state index contributed by atoms with van der Waals surface area (Å²) in [6.07, 6.45) is 2.54. The molecule has 0 N–H and O–H groups in total. The predicted octanol–water partition coefficient (Wildman–Crippen LogP) is 3.33. The van der Waals surface area contributed by atoms with Gasteiger partial charge in [0.25, 0.3) is 0 Å². The van der Waals surface area contributed by atoms with E-state index in [-0.39, 0.29) is 11.6 Å². The molecule has 0 heterocycles. The Labute approximate surface area is 129 Å². The molecule has 0 saturated heterocycles. The van der Waals surface area contributed by atoms with Gasteiger partial charge < -0.3 is 9.47 Å². The molecular formula is C18H16O4. The fourth-order valence-corrected chi connectivity index (χ4v) is 1.85. The minimum absolute atomic E-state index is 0.232. The molecule has 0 atom stereocenters. The Morgan fingerprint density at radius 2 is 1.00 bits per heavy atom. The van der Waals surface area contributed by atoms with Crippen molar-refractivity contribution in [3.63, 3.8) is 0 Å². The lowest BCUT2D eigenvalue weighted by Gasteiger charge is -2.01. The highest BCUT2D eigenvalue weighted by atomic mass is 16.5. The maximum Gasteiger partial charge on any atom is 0.185 e. The smallest absolute Gasteiger partial charge is 0.185 e. The van der Waals surface area contributed by atoms with Crippen molar-refractivity contribution in [3.8, 4) is 11.5 Å². The van der Waals surface area contributed by atoms with Crippen molar-refractivity contribution in [1.82, 2.24) is 0 Å². The van der Waals surface area contributed by atoms with Crippen molar-refractivity contribution in [2.24, 2.45) is 0 Å². The van der Waals surface area contributed by atoms with Gasteiger partial charge in [-0.1, -0.05) is 0 Å². The summed E-state index contributed by atoms with van der Waals surface area (Å²) in [4.78, 5) is 24.0. The second-order valence-corrected chi connectivity index (χ2v) is 4.52. The maximum atomic E-state index is 12.0. The Bertz CT molecular complexity index is 621. The van der Waals surface area contributed by atoms with Gasteiger partial charge in [0.1, 0.15) is 11.5 Å². The zero-order valence-corrected chi connectivity index (χ0v) is 12.4. The van der Waals surface area contributed by atoms with E-state index in [9.17, 15) is 9.59 Å². The summed E-state index contributed by atoms with van der Waals surface area (Å²) in [5.41, 5.74) is 0.999. The first-order valence-corrected chi connectivity index (χ1v) is 6.69. The van der Waals surface area contributed by atoms with Crippen LogP contribution in [-0.4, -0.2) is 25.8 Å². The van der Waals surface area contributed by atoms with E-state index in [2.05, 4.69) is 0 Å². The van der Waals surface area contributed by atoms with Gasteiger partial charge in [-0.05, 0) is 60.7 Å². The molecule has 2 rings (SSSR count). The zero-order chi connectivity index (χ0) is 15.9. The van der Waals surface area contributed by atoms with Gasteiger partial charge in [0.15, 0.2) is 11.6 Å². The van der Waals surface area contributed by atoms with Crippen molar-refractivity contribution < 1.29 is 19.1 Å². The molecule has 2 aromatic rings. The Kier molecular flexibility index (Phi) is 5.09. The number of rotatable bonds is 6. The van der Waals surface area contributed by atoms with Crippen LogP contribution in [0.25, 0.3) is 0 Å². The molecule has 0 aromatic heterocycles. The highest BCUT2D eigenvalue weighted by Crippen LogP contribution is 2.14. The fourth-order valence-electron chi connectivity index (χ4n) is 1.85. The number of hydrogen-bond donors (Lipinski definition) is 0. The third-order valence-electron chi connectivity index (χ3n) is 3.14. The molecule has 22 heavy (non-hydrogen) atoms. The molecule has 0 unspecified atom stereocenters. The van der Waals surface area contributed by atoms with E-state index in [0.717, 1.165) is 0 Å². The number of carbonyl (C=O) groups is 2. The highest BCUT2D eigenvalue weighted by molar-refractivity contribution is 6.11. The van der Waals surface area contributed by atoms with Crippen LogP contribution in [0, 0.1) is 0 Å². The number of ether oxygens (including phenoxy) is 2. The predicted molar refractivity (Wildman–Crippen MR) is 83.8 cm³/mol. The number of hydrogen-bond acceptors (Lipinski definition) is 4. The van der Waals surface area contributed by atoms with Gasteiger partial charge in [0.05, 0.1) is 14.2 Å². The van der Waals surface area contributed by atoms with Crippen molar-refractivity contribution in [2.75, 3.05) is 14.2 Å². The third kappa shape index (κ3) is 3.82. The first kappa shape index (κ1) is 15.5. The first-order chi connectivity index (χ1) is 10.6. The lowest BCUT2D eigenvalue weighted by molar-refractivity contribution is 0.102. The fraction of sp³-hybridized carbons (Fsp3) is 0.111. The Morgan fingerprint density at radius 1 is 0.682 bits per heavy atom. The second kappa shape index (κ2) is 7.22. The van der Waals surface area contributed by atoms with Crippen molar-refractivity contribution >= 4 is 11.6 Å². The summed E-state index contributed by atoms with van der Waals surface area (Å²) < 4.78 is 10.1. The minimum atomic E-state index is -0.232. The molecule has 4 nitrogen and oxygen atoms in total. The van der Waals surface area contributed by atoms with Crippen LogP contribution in [-0.2, 0) is 0 Å². The molecule has 0 aliphatic heterocycles. The van der Waals surface area contributed by atoms with Crippen molar-refractivity contribution in [3.05, 3.63) is 71.8 Å². The number of ketones is 2. The van der Waals surface area contributed by atoms with Crippen LogP contribution in [0.2, 0.25) is 0 Å². The van der Waals surface area contributed by atoms with Gasteiger partial charge in [-0.3, -0.25) is 9.59 Å². The van der Waals surface area contributed by atoms with E-state index in [1.165, 1.54) is 12.2 Å². The van der Waals surface area contributed by atoms with Gasteiger partial charge >= 0.3 is 0 Å². The topological polar surface area (TPSA) is 52.6 Å². The van der Waals surface area contributed by atoms with Gasteiger partial charge in [-0.2, -0.15) is 0 Å². The molecule has 4 heteroatoms. The SMILES string of the molecule is COc1ccc(C(=O)C=CC(=O)c2ccc(OC)cc2)cc1. The van der Waals surface area contributed by atoms with Crippen LogP contribution in [0.15, 0.2) is 60.7 Å². The van der Waals surface area contributed by atoms with E-state index in [1.807, 2.05) is 0 Å². The van der Waals surface area contributed by atoms with E-state index < -0.39 is 0 Å². The molecule has 0 fully saturated rings. The molecule has 0 amide bonds. The van der Waals surface area contributed by atoms with Gasteiger partial charge in [0, 0.05) is 11.1 Å². The average molecular weight is 296 g/mol. The van der Waals surface area contributed by atoms with Crippen LogP contribution in [0.5, 0.6) is 11.5 Å². The highest BCUT2D eigenvalue weighted by Gasteiger charge is 2.05. The summed E-state index contributed by atoms with van der Waals surface area (Å²) >= 11 is 0. The van der Waals surface area contributed by atoms with Crippen LogP contribution in [0.3, 0.4) is 0 Å². The van der Waals surface area contributed by atoms with Gasteiger partial charge in [-0.25, -0.2) is 0 Å². The van der Waals surface area contributed by atoms with Crippen LogP contribution in [0.1, 0.15) is 20.7 Å². The molecule has 0 radical (unpaired) electrons. The standard InChI is InChI=1S/C18H16O4/c1-21-15-7-3-13(4-8-15)17(19)11-12-18(20)14-5-9-16(22-2)10-6-14/h3-12H,1-2H3. The Hall–Kier alpha value is -2.88. The van der Waals surface area contributed by atoms with E-state index in [4.69, 9.17) is 9.47 Å². The maximum absolute atomic E-state index is 12.0. The molecular weight excluding hydrogens is 280 g/mol. The average Bonchev–Trinajstić information content (AvgIpc) is 2.59. The third-order valence-corrected chi connectivity index (χ3v) is 3.14. The van der Waals surface area contributed by atoms with Crippen LogP contribution < -0.4 is 9.47 Å². The normalized spacial score (nSPS) is 10.5. The van der Waals surface area contributed by atoms with Gasteiger partial charge in [-0.15, -0.1) is 0 Å². The monoisotopic (exact) mass is 296 g/mol. The molecule has 112 valence electrons. The molecule has 0 saturated carbocycles. The first-order valence-electron chi connectivity index (χ1n) is 6.69. The second-order valence-electron chi connectivity index (χ2n) is 4.52. The molecule has 2 aromatic carbocycles. The summed E-state index contributed by atoms with van der Waals surface area (Å²) in [5, 5.41) is 0. The molecule has 0 aliphatic rings. The van der Waals surface area contributed by atoms with Crippen LogP contribution >= 0.6 is 0 Å². The number of allylic oxidation sites excluding steroid dienone is 2. The number of benzene rings is 2. The lowest BCUT2D eigenvalue weighted by Crippen LogP contribution is -1.98. The largest absolute Gasteiger partial charge is 0.497 e. The number of carbonyl (C=O) groups excluding carboxylic acids is 2. The Balaban J connectivity index is 2.05. The van der Waals surface area contributed by atoms with Crippen molar-refractivity contribution in [2.45, 2.75) is 0 Å². The molecule has 0 bridgehead atoms.